The molecule has 0 spiro atoms. The Balaban J connectivity index is 1.88. The third kappa shape index (κ3) is 5.54. The summed E-state index contributed by atoms with van der Waals surface area (Å²) < 4.78 is 28.5. The van der Waals surface area contributed by atoms with Crippen LogP contribution in [0.5, 0.6) is 5.75 Å². The summed E-state index contributed by atoms with van der Waals surface area (Å²) >= 11 is 11.5. The molecule has 0 aliphatic heterocycles. The maximum Gasteiger partial charge on any atom is 0.387 e. The van der Waals surface area contributed by atoms with Gasteiger partial charge in [-0.1, -0.05) is 23.2 Å². The quantitative estimate of drug-likeness (QED) is 0.814. The van der Waals surface area contributed by atoms with Gasteiger partial charge in [-0.3, -0.25) is 4.79 Å². The number of nitrogens with one attached hydrogen (secondary N) is 2. The number of ether oxygens (including phenoxy) is 1. The highest BCUT2D eigenvalue weighted by Gasteiger charge is 2.09. The Morgan fingerprint density at radius 3 is 2.65 bits per heavy atom. The van der Waals surface area contributed by atoms with Crippen LogP contribution in [0.1, 0.15) is 0 Å². The van der Waals surface area contributed by atoms with Gasteiger partial charge in [0.05, 0.1) is 16.6 Å². The van der Waals surface area contributed by atoms with Gasteiger partial charge in [-0.15, -0.1) is 0 Å². The molecule has 1 aromatic heterocycles. The van der Waals surface area contributed by atoms with E-state index < -0.39 is 6.61 Å². The van der Waals surface area contributed by atoms with E-state index in [0.717, 1.165) is 0 Å². The molecule has 1 amide bonds. The summed E-state index contributed by atoms with van der Waals surface area (Å²) in [5.74, 6) is -0.120. The predicted octanol–water partition coefficient (Wildman–Crippen LogP) is 4.04. The smallest absolute Gasteiger partial charge is 0.387 e. The Labute approximate surface area is 140 Å². The normalized spacial score (nSPS) is 10.5. The molecule has 2 aromatic rings. The van der Waals surface area contributed by atoms with E-state index in [2.05, 4.69) is 20.4 Å². The largest absolute Gasteiger partial charge is 0.433 e. The van der Waals surface area contributed by atoms with Crippen LogP contribution in [0.25, 0.3) is 0 Å². The molecule has 23 heavy (non-hydrogen) atoms. The van der Waals surface area contributed by atoms with Crippen LogP contribution in [0, 0.1) is 0 Å². The number of hydrogen-bond acceptors (Lipinski definition) is 4. The molecule has 0 saturated carbocycles. The van der Waals surface area contributed by atoms with Gasteiger partial charge in [0.25, 0.3) is 0 Å². The fraction of sp³-hybridized carbons (Fsp3) is 0.143. The van der Waals surface area contributed by atoms with E-state index in [-0.39, 0.29) is 23.2 Å². The number of hydrogen-bond donors (Lipinski definition) is 2. The molecular formula is C14H11Cl2F2N3O2. The van der Waals surface area contributed by atoms with E-state index in [4.69, 9.17) is 23.2 Å². The average molecular weight is 362 g/mol. The minimum absolute atomic E-state index is 0.00933. The van der Waals surface area contributed by atoms with Crippen LogP contribution in [-0.4, -0.2) is 24.0 Å². The number of carbonyl (C=O) groups is 1. The van der Waals surface area contributed by atoms with E-state index >= 15 is 0 Å². The standard InChI is InChI=1S/C14H11Cl2F2N3O2/c15-8-1-4-12(20-6-8)21-13(22)7-19-9-2-3-11(10(16)5-9)23-14(17)18/h1-6,14,19H,7H2,(H,20,21,22). The lowest BCUT2D eigenvalue weighted by molar-refractivity contribution is -0.114. The van der Waals surface area contributed by atoms with Crippen molar-refractivity contribution in [2.24, 2.45) is 0 Å². The highest BCUT2D eigenvalue weighted by molar-refractivity contribution is 6.32. The van der Waals surface area contributed by atoms with Crippen molar-refractivity contribution in [2.75, 3.05) is 17.2 Å². The zero-order valence-electron chi connectivity index (χ0n) is 11.5. The number of carbonyl (C=O) groups excluding carboxylic acids is 1. The van der Waals surface area contributed by atoms with E-state index in [1.54, 1.807) is 12.1 Å². The summed E-state index contributed by atoms with van der Waals surface area (Å²) in [6.45, 7) is -3.01. The Kier molecular flexibility index (Phi) is 5.95. The van der Waals surface area contributed by atoms with Gasteiger partial charge in [-0.25, -0.2) is 4.98 Å². The first-order chi connectivity index (χ1) is 10.9. The number of anilines is 2. The zero-order valence-corrected chi connectivity index (χ0v) is 13.0. The second-order valence-corrected chi connectivity index (χ2v) is 5.13. The van der Waals surface area contributed by atoms with Gasteiger partial charge in [0.15, 0.2) is 0 Å². The van der Waals surface area contributed by atoms with Crippen LogP contribution in [0.4, 0.5) is 20.3 Å². The highest BCUT2D eigenvalue weighted by Crippen LogP contribution is 2.28. The Morgan fingerprint density at radius 1 is 1.26 bits per heavy atom. The van der Waals surface area contributed by atoms with Crippen LogP contribution in [0.2, 0.25) is 10.0 Å². The Bertz CT molecular complexity index is 684. The van der Waals surface area contributed by atoms with Crippen molar-refractivity contribution in [1.29, 1.82) is 0 Å². The van der Waals surface area contributed by atoms with Crippen molar-refractivity contribution in [2.45, 2.75) is 6.61 Å². The highest BCUT2D eigenvalue weighted by atomic mass is 35.5. The second kappa shape index (κ2) is 7.94. The van der Waals surface area contributed by atoms with Gasteiger partial charge in [0.1, 0.15) is 11.6 Å². The van der Waals surface area contributed by atoms with Gasteiger partial charge in [-0.05, 0) is 30.3 Å². The van der Waals surface area contributed by atoms with Crippen molar-refractivity contribution in [3.63, 3.8) is 0 Å². The number of rotatable bonds is 6. The van der Waals surface area contributed by atoms with Gasteiger partial charge in [-0.2, -0.15) is 8.78 Å². The van der Waals surface area contributed by atoms with Crippen LogP contribution in [-0.2, 0) is 4.79 Å². The van der Waals surface area contributed by atoms with E-state index in [1.165, 1.54) is 24.4 Å². The number of aromatic nitrogens is 1. The predicted molar refractivity (Wildman–Crippen MR) is 84.5 cm³/mol. The number of alkyl halides is 2. The van der Waals surface area contributed by atoms with Crippen LogP contribution < -0.4 is 15.4 Å². The molecule has 5 nitrogen and oxygen atoms in total. The monoisotopic (exact) mass is 361 g/mol. The first-order valence-corrected chi connectivity index (χ1v) is 7.09. The SMILES string of the molecule is O=C(CNc1ccc(OC(F)F)c(Cl)c1)Nc1ccc(Cl)cn1. The topological polar surface area (TPSA) is 63.2 Å². The molecule has 0 fully saturated rings. The fourth-order valence-corrected chi connectivity index (χ4v) is 1.96. The summed E-state index contributed by atoms with van der Waals surface area (Å²) in [6, 6.07) is 7.30. The van der Waals surface area contributed by atoms with Crippen molar-refractivity contribution in [3.05, 3.63) is 46.6 Å². The number of pyridine rings is 1. The molecule has 9 heteroatoms. The molecule has 0 radical (unpaired) electrons. The minimum Gasteiger partial charge on any atom is -0.433 e. The molecule has 2 rings (SSSR count). The maximum absolute atomic E-state index is 12.1. The lowest BCUT2D eigenvalue weighted by Gasteiger charge is -2.10. The van der Waals surface area contributed by atoms with Crippen LogP contribution in [0.3, 0.4) is 0 Å². The third-order valence-electron chi connectivity index (χ3n) is 2.60. The lowest BCUT2D eigenvalue weighted by atomic mass is 10.3. The van der Waals surface area contributed by atoms with Crippen molar-refractivity contribution < 1.29 is 18.3 Å². The number of amides is 1. The zero-order chi connectivity index (χ0) is 16.8. The summed E-state index contributed by atoms with van der Waals surface area (Å²) in [5, 5.41) is 5.84. The summed E-state index contributed by atoms with van der Waals surface area (Å²) in [4.78, 5) is 15.7. The second-order valence-electron chi connectivity index (χ2n) is 4.29. The van der Waals surface area contributed by atoms with Crippen molar-refractivity contribution in [3.8, 4) is 5.75 Å². The third-order valence-corrected chi connectivity index (χ3v) is 3.11. The molecule has 1 aromatic carbocycles. The molecule has 0 unspecified atom stereocenters. The number of halogens is 4. The summed E-state index contributed by atoms with van der Waals surface area (Å²) in [7, 11) is 0. The number of nitrogens with zero attached hydrogens (tertiary/aromatic N) is 1. The van der Waals surface area contributed by atoms with Crippen molar-refractivity contribution in [1.82, 2.24) is 4.98 Å². The summed E-state index contributed by atoms with van der Waals surface area (Å²) in [5.41, 5.74) is 0.482. The minimum atomic E-state index is -2.95. The lowest BCUT2D eigenvalue weighted by Crippen LogP contribution is -2.22. The Hall–Kier alpha value is -2.12. The molecule has 122 valence electrons. The molecule has 2 N–H and O–H groups in total. The van der Waals surface area contributed by atoms with E-state index in [0.29, 0.717) is 16.5 Å². The van der Waals surface area contributed by atoms with Gasteiger partial charge < -0.3 is 15.4 Å². The van der Waals surface area contributed by atoms with Crippen LogP contribution in [0.15, 0.2) is 36.5 Å². The number of benzene rings is 1. The molecular weight excluding hydrogens is 351 g/mol. The van der Waals surface area contributed by atoms with Crippen molar-refractivity contribution >= 4 is 40.6 Å². The van der Waals surface area contributed by atoms with E-state index in [9.17, 15) is 13.6 Å². The first kappa shape index (κ1) is 17.2. The summed E-state index contributed by atoms with van der Waals surface area (Å²) in [6.07, 6.45) is 1.41. The van der Waals surface area contributed by atoms with E-state index in [1.807, 2.05) is 0 Å². The van der Waals surface area contributed by atoms with Crippen LogP contribution >= 0.6 is 23.2 Å². The Morgan fingerprint density at radius 2 is 2.04 bits per heavy atom. The fourth-order valence-electron chi connectivity index (χ4n) is 1.62. The average Bonchev–Trinajstić information content (AvgIpc) is 2.50. The molecule has 0 aliphatic carbocycles. The molecule has 0 saturated heterocycles. The molecule has 0 aliphatic rings. The maximum atomic E-state index is 12.1. The first-order valence-electron chi connectivity index (χ1n) is 6.33. The van der Waals surface area contributed by atoms with Gasteiger partial charge >= 0.3 is 6.61 Å². The van der Waals surface area contributed by atoms with Gasteiger partial charge in [0.2, 0.25) is 5.91 Å². The molecule has 1 heterocycles. The van der Waals surface area contributed by atoms with Gasteiger partial charge in [0, 0.05) is 11.9 Å². The molecule has 0 bridgehead atoms. The molecule has 0 atom stereocenters.